The van der Waals surface area contributed by atoms with Crippen LogP contribution in [0.1, 0.15) is 6.42 Å². The largest absolute Gasteiger partial charge is 0.493 e. The van der Waals surface area contributed by atoms with E-state index in [4.69, 9.17) is 23.7 Å². The molecule has 0 saturated carbocycles. The predicted molar refractivity (Wildman–Crippen MR) is 117 cm³/mol. The van der Waals surface area contributed by atoms with Crippen molar-refractivity contribution < 1.29 is 38.4 Å². The van der Waals surface area contributed by atoms with E-state index in [-0.39, 0.29) is 44.7 Å². The number of amides is 2. The van der Waals surface area contributed by atoms with E-state index in [9.17, 15) is 14.7 Å². The highest BCUT2D eigenvalue weighted by atomic mass is 16.7. The van der Waals surface area contributed by atoms with Crippen LogP contribution >= 0.6 is 0 Å². The molecule has 2 aliphatic heterocycles. The minimum absolute atomic E-state index is 0.00440. The smallest absolute Gasteiger partial charge is 0.231 e. The summed E-state index contributed by atoms with van der Waals surface area (Å²) in [4.78, 5) is 26.6. The average Bonchev–Trinajstić information content (AvgIpc) is 3.46. The Morgan fingerprint density at radius 3 is 2.73 bits per heavy atom. The number of aliphatic hydroxyl groups is 1. The Bertz CT molecular complexity index is 1030. The van der Waals surface area contributed by atoms with Crippen LogP contribution in [0.4, 0.5) is 5.69 Å². The lowest BCUT2D eigenvalue weighted by Crippen LogP contribution is -2.39. The maximum absolute atomic E-state index is 12.6. The average molecular weight is 458 g/mol. The molecule has 176 valence electrons. The number of ether oxygens (including phenoxy) is 5. The zero-order valence-corrected chi connectivity index (χ0v) is 18.4. The fraction of sp³-hybridized carbons (Fsp3) is 0.391. The number of hydrogen-bond donors (Lipinski definition) is 2. The summed E-state index contributed by atoms with van der Waals surface area (Å²) < 4.78 is 26.6. The van der Waals surface area contributed by atoms with Crippen molar-refractivity contribution in [3.8, 4) is 28.7 Å². The molecule has 1 fully saturated rings. The number of carbonyl (C=O) groups excluding carboxylic acids is 2. The number of aliphatic hydroxyl groups excluding tert-OH is 1. The van der Waals surface area contributed by atoms with E-state index in [0.717, 1.165) is 0 Å². The van der Waals surface area contributed by atoms with Gasteiger partial charge in [0.05, 0.1) is 20.1 Å². The molecule has 2 aromatic carbocycles. The van der Waals surface area contributed by atoms with Crippen LogP contribution < -0.4 is 33.9 Å². The number of carbonyl (C=O) groups is 2. The van der Waals surface area contributed by atoms with E-state index in [1.807, 2.05) is 0 Å². The van der Waals surface area contributed by atoms with E-state index in [2.05, 4.69) is 5.32 Å². The second kappa shape index (κ2) is 9.86. The number of nitrogens with zero attached hydrogens (tertiary/aromatic N) is 1. The third kappa shape index (κ3) is 5.06. The third-order valence-electron chi connectivity index (χ3n) is 5.47. The van der Waals surface area contributed by atoms with Crippen LogP contribution in [0.15, 0.2) is 36.4 Å². The molecule has 2 unspecified atom stereocenters. The summed E-state index contributed by atoms with van der Waals surface area (Å²) in [5.74, 6) is 1.83. The number of fused-ring (bicyclic) bond motifs is 1. The van der Waals surface area contributed by atoms with Gasteiger partial charge in [0, 0.05) is 37.3 Å². The Balaban J connectivity index is 1.26. The van der Waals surface area contributed by atoms with Crippen LogP contribution in [-0.4, -0.2) is 63.7 Å². The number of hydrogen-bond acceptors (Lipinski definition) is 8. The fourth-order valence-corrected chi connectivity index (χ4v) is 3.71. The SMILES string of the molecule is COc1ccc(N2CC(C(=O)NCC(O)COc3ccc4c(c3)OCO4)CC2=O)cc1OC. The van der Waals surface area contributed by atoms with Crippen LogP contribution in [0.25, 0.3) is 0 Å². The van der Waals surface area contributed by atoms with Crippen LogP contribution in [0.5, 0.6) is 28.7 Å². The van der Waals surface area contributed by atoms with Gasteiger partial charge in [-0.2, -0.15) is 0 Å². The lowest BCUT2D eigenvalue weighted by Gasteiger charge is -2.19. The normalized spacial score (nSPS) is 17.6. The fourth-order valence-electron chi connectivity index (χ4n) is 3.71. The van der Waals surface area contributed by atoms with Crippen molar-refractivity contribution in [1.29, 1.82) is 0 Å². The molecule has 10 nitrogen and oxygen atoms in total. The number of methoxy groups -OCH3 is 2. The monoisotopic (exact) mass is 458 g/mol. The van der Waals surface area contributed by atoms with Gasteiger partial charge in [0.1, 0.15) is 18.5 Å². The van der Waals surface area contributed by atoms with Crippen LogP contribution in [-0.2, 0) is 9.59 Å². The topological polar surface area (TPSA) is 116 Å². The van der Waals surface area contributed by atoms with E-state index in [1.165, 1.54) is 14.2 Å². The highest BCUT2D eigenvalue weighted by Crippen LogP contribution is 2.35. The number of benzene rings is 2. The third-order valence-corrected chi connectivity index (χ3v) is 5.47. The second-order valence-corrected chi connectivity index (χ2v) is 7.67. The predicted octanol–water partition coefficient (Wildman–Crippen LogP) is 1.34. The molecule has 2 aliphatic rings. The summed E-state index contributed by atoms with van der Waals surface area (Å²) in [6, 6.07) is 10.3. The van der Waals surface area contributed by atoms with Crippen molar-refractivity contribution in [1.82, 2.24) is 5.32 Å². The van der Waals surface area contributed by atoms with Crippen molar-refractivity contribution in [2.24, 2.45) is 5.92 Å². The van der Waals surface area contributed by atoms with Gasteiger partial charge in [-0.15, -0.1) is 0 Å². The standard InChI is InChI=1S/C23H26N2O8/c1-29-18-5-3-15(8-20(18)30-2)25-11-14(7-22(25)27)23(28)24-10-16(26)12-31-17-4-6-19-21(9-17)33-13-32-19/h3-6,8-9,14,16,26H,7,10-13H2,1-2H3,(H,24,28). The maximum Gasteiger partial charge on any atom is 0.231 e. The number of nitrogens with one attached hydrogen (secondary N) is 1. The summed E-state index contributed by atoms with van der Waals surface area (Å²) in [5, 5.41) is 12.9. The molecule has 33 heavy (non-hydrogen) atoms. The van der Waals surface area contributed by atoms with E-state index < -0.39 is 12.0 Å². The Labute approximate surface area is 190 Å². The van der Waals surface area contributed by atoms with Gasteiger partial charge < -0.3 is 39.0 Å². The van der Waals surface area contributed by atoms with Crippen LogP contribution in [0.2, 0.25) is 0 Å². The first-order valence-corrected chi connectivity index (χ1v) is 10.5. The number of rotatable bonds is 9. The van der Waals surface area contributed by atoms with Crippen molar-refractivity contribution in [2.45, 2.75) is 12.5 Å². The maximum atomic E-state index is 12.6. The molecule has 0 bridgehead atoms. The highest BCUT2D eigenvalue weighted by molar-refractivity contribution is 6.00. The molecule has 2 heterocycles. The molecule has 1 saturated heterocycles. The zero-order chi connectivity index (χ0) is 23.4. The molecule has 0 spiro atoms. The lowest BCUT2D eigenvalue weighted by atomic mass is 10.1. The molecule has 0 aromatic heterocycles. The molecule has 2 N–H and O–H groups in total. The van der Waals surface area contributed by atoms with Gasteiger partial charge in [-0.25, -0.2) is 0 Å². The van der Waals surface area contributed by atoms with Crippen molar-refractivity contribution in [3.05, 3.63) is 36.4 Å². The minimum atomic E-state index is -0.918. The molecular formula is C23H26N2O8. The highest BCUT2D eigenvalue weighted by Gasteiger charge is 2.35. The van der Waals surface area contributed by atoms with Crippen LogP contribution in [0, 0.1) is 5.92 Å². The van der Waals surface area contributed by atoms with Crippen molar-refractivity contribution in [2.75, 3.05) is 45.6 Å². The summed E-state index contributed by atoms with van der Waals surface area (Å²) >= 11 is 0. The summed E-state index contributed by atoms with van der Waals surface area (Å²) in [5.41, 5.74) is 0.630. The first-order valence-electron chi connectivity index (χ1n) is 10.5. The quantitative estimate of drug-likeness (QED) is 0.579. The molecule has 0 radical (unpaired) electrons. The Hall–Kier alpha value is -3.66. The Kier molecular flexibility index (Phi) is 6.74. The van der Waals surface area contributed by atoms with E-state index in [1.54, 1.807) is 41.3 Å². The van der Waals surface area contributed by atoms with Gasteiger partial charge in [0.15, 0.2) is 23.0 Å². The molecule has 2 amide bonds. The Morgan fingerprint density at radius 1 is 1.15 bits per heavy atom. The van der Waals surface area contributed by atoms with Crippen molar-refractivity contribution in [3.63, 3.8) is 0 Å². The number of anilines is 1. The van der Waals surface area contributed by atoms with Gasteiger partial charge in [-0.1, -0.05) is 0 Å². The van der Waals surface area contributed by atoms with Gasteiger partial charge in [0.25, 0.3) is 0 Å². The molecule has 10 heteroatoms. The first kappa shape index (κ1) is 22.5. The van der Waals surface area contributed by atoms with Gasteiger partial charge in [-0.3, -0.25) is 9.59 Å². The van der Waals surface area contributed by atoms with Crippen LogP contribution in [0.3, 0.4) is 0 Å². The summed E-state index contributed by atoms with van der Waals surface area (Å²) in [6.45, 7) is 0.399. The van der Waals surface area contributed by atoms with E-state index in [0.29, 0.717) is 34.4 Å². The molecular weight excluding hydrogens is 432 g/mol. The van der Waals surface area contributed by atoms with Crippen molar-refractivity contribution >= 4 is 17.5 Å². The summed E-state index contributed by atoms with van der Waals surface area (Å²) in [6.07, 6.45) is -0.831. The van der Waals surface area contributed by atoms with Gasteiger partial charge in [-0.05, 0) is 24.3 Å². The molecule has 0 aliphatic carbocycles. The van der Waals surface area contributed by atoms with Gasteiger partial charge >= 0.3 is 0 Å². The zero-order valence-electron chi connectivity index (χ0n) is 18.4. The van der Waals surface area contributed by atoms with E-state index >= 15 is 0 Å². The first-order chi connectivity index (χ1) is 16.0. The molecule has 2 atom stereocenters. The second-order valence-electron chi connectivity index (χ2n) is 7.67. The Morgan fingerprint density at radius 2 is 1.94 bits per heavy atom. The molecule has 2 aromatic rings. The van der Waals surface area contributed by atoms with Gasteiger partial charge in [0.2, 0.25) is 18.6 Å². The molecule has 4 rings (SSSR count). The summed E-state index contributed by atoms with van der Waals surface area (Å²) in [7, 11) is 3.05. The minimum Gasteiger partial charge on any atom is -0.493 e. The lowest BCUT2D eigenvalue weighted by molar-refractivity contribution is -0.126.